The Bertz CT molecular complexity index is 1130. The van der Waals surface area contributed by atoms with Crippen molar-refractivity contribution in [1.29, 1.82) is 0 Å². The summed E-state index contributed by atoms with van der Waals surface area (Å²) in [6.07, 6.45) is 2.41. The highest BCUT2D eigenvalue weighted by molar-refractivity contribution is 5.54. The average Bonchev–Trinajstić information content (AvgIpc) is 2.93. The molecule has 3 aromatic rings. The largest absolute Gasteiger partial charge is 0.493 e. The van der Waals surface area contributed by atoms with Gasteiger partial charge in [0.25, 0.3) is 0 Å². The third-order valence-corrected chi connectivity index (χ3v) is 7.91. The van der Waals surface area contributed by atoms with Gasteiger partial charge < -0.3 is 24.2 Å². The molecule has 0 saturated carbocycles. The molecule has 0 aromatic heterocycles. The first kappa shape index (κ1) is 23.9. The number of hydrogen-bond acceptors (Lipinski definition) is 5. The topological polar surface area (TPSA) is 51.2 Å². The van der Waals surface area contributed by atoms with E-state index < -0.39 is 5.60 Å². The van der Waals surface area contributed by atoms with Gasteiger partial charge in [-0.05, 0) is 60.2 Å². The molecule has 1 N–H and O–H groups in total. The van der Waals surface area contributed by atoms with E-state index in [0.29, 0.717) is 13.2 Å². The molecule has 35 heavy (non-hydrogen) atoms. The molecule has 0 radical (unpaired) electrons. The Morgan fingerprint density at radius 2 is 1.46 bits per heavy atom. The van der Waals surface area contributed by atoms with Crippen molar-refractivity contribution in [3.63, 3.8) is 0 Å². The van der Waals surface area contributed by atoms with Crippen molar-refractivity contribution in [2.45, 2.75) is 36.9 Å². The fraction of sp³-hybridized carbons (Fsp3) is 0.400. The van der Waals surface area contributed by atoms with Crippen molar-refractivity contribution in [3.8, 4) is 11.5 Å². The second kappa shape index (κ2) is 10.0. The van der Waals surface area contributed by atoms with Crippen LogP contribution in [-0.2, 0) is 22.4 Å². The molecule has 5 heteroatoms. The van der Waals surface area contributed by atoms with Gasteiger partial charge in [0.1, 0.15) is 0 Å². The molecule has 0 bridgehead atoms. The zero-order chi connectivity index (χ0) is 24.3. The maximum atomic E-state index is 11.3. The van der Waals surface area contributed by atoms with Crippen molar-refractivity contribution in [1.82, 2.24) is 4.90 Å². The summed E-state index contributed by atoms with van der Waals surface area (Å²) < 4.78 is 17.5. The van der Waals surface area contributed by atoms with E-state index in [9.17, 15) is 5.11 Å². The third kappa shape index (κ3) is 4.56. The zero-order valence-corrected chi connectivity index (χ0v) is 20.7. The minimum atomic E-state index is -0.737. The number of rotatable bonds is 7. The van der Waals surface area contributed by atoms with Crippen LogP contribution in [0, 0.1) is 0 Å². The lowest BCUT2D eigenvalue weighted by Crippen LogP contribution is -2.46. The molecule has 1 fully saturated rings. The number of hydrogen-bond donors (Lipinski definition) is 1. The van der Waals surface area contributed by atoms with Crippen molar-refractivity contribution in [3.05, 3.63) is 95.1 Å². The van der Waals surface area contributed by atoms with Crippen molar-refractivity contribution in [2.75, 3.05) is 40.5 Å². The Balaban J connectivity index is 1.41. The molecule has 1 atom stereocenters. The van der Waals surface area contributed by atoms with Gasteiger partial charge in [0, 0.05) is 18.5 Å². The molecular weight excluding hydrogens is 438 g/mol. The Hall–Kier alpha value is -2.86. The van der Waals surface area contributed by atoms with Crippen LogP contribution >= 0.6 is 0 Å². The number of benzene rings is 3. The molecule has 1 unspecified atom stereocenters. The van der Waals surface area contributed by atoms with Gasteiger partial charge in [0.05, 0.1) is 33.0 Å². The summed E-state index contributed by atoms with van der Waals surface area (Å²) in [5.41, 5.74) is 3.67. The van der Waals surface area contributed by atoms with Crippen LogP contribution in [0.3, 0.4) is 0 Å². The lowest BCUT2D eigenvalue weighted by molar-refractivity contribution is -0.0283. The molecule has 1 saturated heterocycles. The number of ether oxygens (including phenoxy) is 3. The van der Waals surface area contributed by atoms with Crippen molar-refractivity contribution < 1.29 is 19.3 Å². The van der Waals surface area contributed by atoms with E-state index in [1.165, 1.54) is 11.1 Å². The molecule has 0 spiro atoms. The van der Waals surface area contributed by atoms with Gasteiger partial charge in [-0.2, -0.15) is 0 Å². The fourth-order valence-electron chi connectivity index (χ4n) is 5.78. The predicted octanol–water partition coefficient (Wildman–Crippen LogP) is 4.89. The van der Waals surface area contributed by atoms with Crippen LogP contribution in [0.2, 0.25) is 0 Å². The lowest BCUT2D eigenvalue weighted by atomic mass is 9.69. The Labute approximate surface area is 208 Å². The SMILES string of the molecule is COc1cc2c(cc1OC)C(CCN1CCC(O)(c3ccccc3)CC1)(c1ccccc1)COC2. The quantitative estimate of drug-likeness (QED) is 0.529. The van der Waals surface area contributed by atoms with Crippen LogP contribution in [0.25, 0.3) is 0 Å². The Morgan fingerprint density at radius 1 is 0.857 bits per heavy atom. The summed E-state index contributed by atoms with van der Waals surface area (Å²) >= 11 is 0. The van der Waals surface area contributed by atoms with Gasteiger partial charge in [-0.3, -0.25) is 0 Å². The summed E-state index contributed by atoms with van der Waals surface area (Å²) in [6.45, 7) is 3.86. The molecule has 2 aliphatic rings. The maximum absolute atomic E-state index is 11.3. The zero-order valence-electron chi connectivity index (χ0n) is 20.7. The number of likely N-dealkylation sites (tertiary alicyclic amines) is 1. The number of fused-ring (bicyclic) bond motifs is 1. The number of methoxy groups -OCH3 is 2. The summed E-state index contributed by atoms with van der Waals surface area (Å²) in [6, 6.07) is 25.0. The summed E-state index contributed by atoms with van der Waals surface area (Å²) in [4.78, 5) is 2.48. The van der Waals surface area contributed by atoms with Crippen LogP contribution in [-0.4, -0.2) is 50.5 Å². The fourth-order valence-corrected chi connectivity index (χ4v) is 5.78. The van der Waals surface area contributed by atoms with Gasteiger partial charge in [-0.1, -0.05) is 60.7 Å². The molecule has 5 nitrogen and oxygen atoms in total. The number of aliphatic hydroxyl groups is 1. The van der Waals surface area contributed by atoms with Gasteiger partial charge in [-0.25, -0.2) is 0 Å². The summed E-state index contributed by atoms with van der Waals surface area (Å²) in [7, 11) is 3.36. The molecule has 2 heterocycles. The van der Waals surface area contributed by atoms with E-state index in [-0.39, 0.29) is 5.41 Å². The first-order valence-corrected chi connectivity index (χ1v) is 12.5. The van der Waals surface area contributed by atoms with Gasteiger partial charge in [-0.15, -0.1) is 0 Å². The second-order valence-electron chi connectivity index (χ2n) is 9.79. The Kier molecular flexibility index (Phi) is 6.83. The molecule has 3 aromatic carbocycles. The van der Waals surface area contributed by atoms with Crippen LogP contribution in [0.1, 0.15) is 41.5 Å². The number of nitrogens with zero attached hydrogens (tertiary/aromatic N) is 1. The lowest BCUT2D eigenvalue weighted by Gasteiger charge is -2.43. The standard InChI is InChI=1S/C30H35NO4/c1-33-27-19-23-21-35-22-29(24-9-5-3-6-10-24,26(23)20-28(27)34-2)13-16-31-17-14-30(32,15-18-31)25-11-7-4-8-12-25/h3-12,19-20,32H,13-18,21-22H2,1-2H3. The second-order valence-corrected chi connectivity index (χ2v) is 9.79. The van der Waals surface area contributed by atoms with Gasteiger partial charge in [0.15, 0.2) is 11.5 Å². The molecule has 184 valence electrons. The first-order chi connectivity index (χ1) is 17.1. The van der Waals surface area contributed by atoms with Crippen LogP contribution in [0.15, 0.2) is 72.8 Å². The van der Waals surface area contributed by atoms with E-state index in [4.69, 9.17) is 14.2 Å². The molecule has 5 rings (SSSR count). The van der Waals surface area contributed by atoms with Crippen LogP contribution in [0.5, 0.6) is 11.5 Å². The third-order valence-electron chi connectivity index (χ3n) is 7.91. The van der Waals surface area contributed by atoms with E-state index in [1.807, 2.05) is 30.3 Å². The average molecular weight is 474 g/mol. The van der Waals surface area contributed by atoms with Crippen molar-refractivity contribution >= 4 is 0 Å². The van der Waals surface area contributed by atoms with Gasteiger partial charge >= 0.3 is 0 Å². The summed E-state index contributed by atoms with van der Waals surface area (Å²) in [5.74, 6) is 1.48. The van der Waals surface area contributed by atoms with E-state index in [1.54, 1.807) is 14.2 Å². The highest BCUT2D eigenvalue weighted by atomic mass is 16.5. The van der Waals surface area contributed by atoms with Crippen LogP contribution < -0.4 is 9.47 Å². The van der Waals surface area contributed by atoms with E-state index >= 15 is 0 Å². The highest BCUT2D eigenvalue weighted by Gasteiger charge is 2.41. The first-order valence-electron chi connectivity index (χ1n) is 12.5. The Morgan fingerprint density at radius 3 is 2.09 bits per heavy atom. The monoisotopic (exact) mass is 473 g/mol. The van der Waals surface area contributed by atoms with Crippen LogP contribution in [0.4, 0.5) is 0 Å². The summed E-state index contributed by atoms with van der Waals surface area (Å²) in [5, 5.41) is 11.3. The molecule has 2 aliphatic heterocycles. The smallest absolute Gasteiger partial charge is 0.161 e. The normalized spacial score (nSPS) is 21.8. The van der Waals surface area contributed by atoms with E-state index in [2.05, 4.69) is 47.4 Å². The van der Waals surface area contributed by atoms with Gasteiger partial charge in [0.2, 0.25) is 0 Å². The number of piperidine rings is 1. The molecule has 0 amide bonds. The minimum absolute atomic E-state index is 0.276. The minimum Gasteiger partial charge on any atom is -0.493 e. The maximum Gasteiger partial charge on any atom is 0.161 e. The van der Waals surface area contributed by atoms with E-state index in [0.717, 1.165) is 61.5 Å². The predicted molar refractivity (Wildman–Crippen MR) is 137 cm³/mol. The molecular formula is C30H35NO4. The highest BCUT2D eigenvalue weighted by Crippen LogP contribution is 2.45. The molecule has 0 aliphatic carbocycles. The van der Waals surface area contributed by atoms with Crippen molar-refractivity contribution in [2.24, 2.45) is 0 Å².